The second-order valence-corrected chi connectivity index (χ2v) is 9.58. The zero-order valence-corrected chi connectivity index (χ0v) is 20.1. The molecule has 0 radical (unpaired) electrons. The molecule has 0 bridgehead atoms. The Bertz CT molecular complexity index is 1150. The number of hydrogen-bond donors (Lipinski definition) is 0. The summed E-state index contributed by atoms with van der Waals surface area (Å²) < 4.78 is 5.74. The first-order chi connectivity index (χ1) is 16.6. The van der Waals surface area contributed by atoms with Crippen LogP contribution in [0.2, 0.25) is 0 Å². The molecule has 1 aliphatic heterocycles. The van der Waals surface area contributed by atoms with E-state index in [4.69, 9.17) is 9.41 Å². The van der Waals surface area contributed by atoms with Gasteiger partial charge in [0.25, 0.3) is 5.91 Å². The fourth-order valence-electron chi connectivity index (χ4n) is 5.11. The van der Waals surface area contributed by atoms with Crippen LogP contribution < -0.4 is 4.90 Å². The number of aliphatic imine (C=N–C) groups is 1. The van der Waals surface area contributed by atoms with Gasteiger partial charge < -0.3 is 9.32 Å². The molecule has 1 amide bonds. The smallest absolute Gasteiger partial charge is 0.259 e. The highest BCUT2D eigenvalue weighted by Gasteiger charge is 2.40. The van der Waals surface area contributed by atoms with E-state index < -0.39 is 6.04 Å². The number of furan rings is 1. The van der Waals surface area contributed by atoms with Crippen LogP contribution in [-0.4, -0.2) is 28.9 Å². The summed E-state index contributed by atoms with van der Waals surface area (Å²) in [6, 6.07) is 20.3. The van der Waals surface area contributed by atoms with E-state index in [0.29, 0.717) is 19.0 Å². The number of hydrogen-bond acceptors (Lipinski definition) is 4. The van der Waals surface area contributed by atoms with Crippen LogP contribution in [0, 0.1) is 13.8 Å². The van der Waals surface area contributed by atoms with Crippen molar-refractivity contribution in [2.75, 3.05) is 4.90 Å². The van der Waals surface area contributed by atoms with Crippen molar-refractivity contribution in [1.82, 2.24) is 4.90 Å². The molecule has 2 aliphatic rings. The standard InChI is InChI=1S/C29H33N3O2/c1-21-15-16-25(18-22(21)2)32-28(33)27(19-23-10-5-3-6-11-23)30-29(32)31(20-26-14-9-17-34-26)24-12-7-4-8-13-24/h3,5-6,9-11,14-18,24,27H,4,7-8,12-13,19-20H2,1-2H3. The van der Waals surface area contributed by atoms with Crippen molar-refractivity contribution in [2.45, 2.75) is 71.0 Å². The van der Waals surface area contributed by atoms with Gasteiger partial charge in [0, 0.05) is 12.5 Å². The molecule has 176 valence electrons. The lowest BCUT2D eigenvalue weighted by Crippen LogP contribution is -2.49. The number of anilines is 1. The molecular formula is C29H33N3O2. The molecule has 5 nitrogen and oxygen atoms in total. The van der Waals surface area contributed by atoms with E-state index in [9.17, 15) is 4.79 Å². The lowest BCUT2D eigenvalue weighted by molar-refractivity contribution is -0.118. The SMILES string of the molecule is Cc1ccc(N2C(=O)C(Cc3ccccc3)N=C2N(Cc2ccco2)C2CCCCC2)cc1C. The second kappa shape index (κ2) is 9.88. The third-order valence-electron chi connectivity index (χ3n) is 7.18. The third-order valence-corrected chi connectivity index (χ3v) is 7.18. The number of carbonyl (C=O) groups excluding carboxylic acids is 1. The molecule has 1 atom stereocenters. The molecule has 3 aromatic rings. The molecule has 34 heavy (non-hydrogen) atoms. The molecule has 2 heterocycles. The number of rotatable bonds is 6. The molecule has 1 unspecified atom stereocenters. The van der Waals surface area contributed by atoms with Gasteiger partial charge in [0.2, 0.25) is 5.96 Å². The first kappa shape index (κ1) is 22.5. The second-order valence-electron chi connectivity index (χ2n) is 9.58. The average Bonchev–Trinajstić information content (AvgIpc) is 3.49. The van der Waals surface area contributed by atoms with E-state index in [1.807, 2.05) is 41.3 Å². The molecule has 0 saturated heterocycles. The van der Waals surface area contributed by atoms with Gasteiger partial charge in [-0.3, -0.25) is 4.79 Å². The summed E-state index contributed by atoms with van der Waals surface area (Å²) in [5.74, 6) is 1.70. The van der Waals surface area contributed by atoms with E-state index in [2.05, 4.69) is 43.0 Å². The summed E-state index contributed by atoms with van der Waals surface area (Å²) in [5, 5.41) is 0. The Balaban J connectivity index is 1.55. The molecular weight excluding hydrogens is 422 g/mol. The highest BCUT2D eigenvalue weighted by atomic mass is 16.3. The van der Waals surface area contributed by atoms with E-state index in [0.717, 1.165) is 35.8 Å². The molecule has 0 N–H and O–H groups in total. The predicted octanol–water partition coefficient (Wildman–Crippen LogP) is 6.05. The van der Waals surface area contributed by atoms with Gasteiger partial charge in [0.05, 0.1) is 18.5 Å². The Morgan fingerprint density at radius 3 is 2.47 bits per heavy atom. The molecule has 1 aliphatic carbocycles. The minimum Gasteiger partial charge on any atom is -0.467 e. The summed E-state index contributed by atoms with van der Waals surface area (Å²) in [5.41, 5.74) is 4.41. The average molecular weight is 456 g/mol. The number of guanidine groups is 1. The quantitative estimate of drug-likeness (QED) is 0.455. The van der Waals surface area contributed by atoms with Gasteiger partial charge in [-0.1, -0.05) is 55.7 Å². The third kappa shape index (κ3) is 4.65. The zero-order valence-electron chi connectivity index (χ0n) is 20.1. The Hall–Kier alpha value is -3.34. The summed E-state index contributed by atoms with van der Waals surface area (Å²) in [6.45, 7) is 4.81. The van der Waals surface area contributed by atoms with Crippen LogP contribution in [0.4, 0.5) is 5.69 Å². The normalized spacial score (nSPS) is 18.9. The van der Waals surface area contributed by atoms with Gasteiger partial charge in [-0.25, -0.2) is 9.89 Å². The maximum absolute atomic E-state index is 13.9. The van der Waals surface area contributed by atoms with Crippen LogP contribution >= 0.6 is 0 Å². The Labute approximate surface area is 202 Å². The minimum absolute atomic E-state index is 0.0439. The maximum Gasteiger partial charge on any atom is 0.259 e. The number of carbonyl (C=O) groups is 1. The van der Waals surface area contributed by atoms with Crippen molar-refractivity contribution in [3.05, 3.63) is 89.4 Å². The van der Waals surface area contributed by atoms with E-state index in [-0.39, 0.29) is 5.91 Å². The zero-order chi connectivity index (χ0) is 23.5. The van der Waals surface area contributed by atoms with Crippen molar-refractivity contribution >= 4 is 17.6 Å². The van der Waals surface area contributed by atoms with Gasteiger partial charge >= 0.3 is 0 Å². The topological polar surface area (TPSA) is 49.1 Å². The Morgan fingerprint density at radius 1 is 0.971 bits per heavy atom. The van der Waals surface area contributed by atoms with Crippen molar-refractivity contribution in [1.29, 1.82) is 0 Å². The largest absolute Gasteiger partial charge is 0.467 e. The first-order valence-electron chi connectivity index (χ1n) is 12.4. The number of aryl methyl sites for hydroxylation is 2. The summed E-state index contributed by atoms with van der Waals surface area (Å²) in [6.07, 6.45) is 8.22. The molecule has 5 heteroatoms. The Kier molecular flexibility index (Phi) is 6.52. The van der Waals surface area contributed by atoms with Crippen molar-refractivity contribution in [3.63, 3.8) is 0 Å². The molecule has 1 fully saturated rings. The maximum atomic E-state index is 13.9. The van der Waals surface area contributed by atoms with E-state index in [1.165, 1.54) is 30.4 Å². The van der Waals surface area contributed by atoms with Crippen LogP contribution in [0.25, 0.3) is 0 Å². The van der Waals surface area contributed by atoms with Gasteiger partial charge in [0.15, 0.2) is 0 Å². The number of benzene rings is 2. The number of nitrogens with zero attached hydrogens (tertiary/aromatic N) is 3. The van der Waals surface area contributed by atoms with Gasteiger partial charge in [-0.15, -0.1) is 0 Å². The number of amides is 1. The van der Waals surface area contributed by atoms with Crippen molar-refractivity contribution in [2.24, 2.45) is 4.99 Å². The van der Waals surface area contributed by atoms with Crippen LogP contribution in [0.3, 0.4) is 0 Å². The van der Waals surface area contributed by atoms with Crippen LogP contribution in [0.1, 0.15) is 54.6 Å². The molecule has 1 saturated carbocycles. The fraction of sp³-hybridized carbons (Fsp3) is 0.379. The summed E-state index contributed by atoms with van der Waals surface area (Å²) in [7, 11) is 0. The van der Waals surface area contributed by atoms with E-state index in [1.54, 1.807) is 6.26 Å². The van der Waals surface area contributed by atoms with Gasteiger partial charge in [-0.2, -0.15) is 0 Å². The van der Waals surface area contributed by atoms with Crippen LogP contribution in [0.5, 0.6) is 0 Å². The minimum atomic E-state index is -0.429. The molecule has 2 aromatic carbocycles. The molecule has 5 rings (SSSR count). The first-order valence-corrected chi connectivity index (χ1v) is 12.4. The van der Waals surface area contributed by atoms with Crippen molar-refractivity contribution in [3.8, 4) is 0 Å². The van der Waals surface area contributed by atoms with Crippen LogP contribution in [-0.2, 0) is 17.8 Å². The van der Waals surface area contributed by atoms with Crippen LogP contribution in [0.15, 0.2) is 76.3 Å². The Morgan fingerprint density at radius 2 is 1.76 bits per heavy atom. The lowest BCUT2D eigenvalue weighted by atomic mass is 9.94. The monoisotopic (exact) mass is 455 g/mol. The summed E-state index contributed by atoms with van der Waals surface area (Å²) in [4.78, 5) is 23.2. The lowest BCUT2D eigenvalue weighted by Gasteiger charge is -2.37. The molecule has 0 spiro atoms. The van der Waals surface area contributed by atoms with Gasteiger partial charge in [0.1, 0.15) is 11.8 Å². The van der Waals surface area contributed by atoms with Gasteiger partial charge in [-0.05, 0) is 67.6 Å². The highest BCUT2D eigenvalue weighted by Crippen LogP contribution is 2.31. The predicted molar refractivity (Wildman–Crippen MR) is 136 cm³/mol. The highest BCUT2D eigenvalue weighted by molar-refractivity contribution is 6.22. The van der Waals surface area contributed by atoms with E-state index >= 15 is 0 Å². The van der Waals surface area contributed by atoms with Crippen molar-refractivity contribution < 1.29 is 9.21 Å². The summed E-state index contributed by atoms with van der Waals surface area (Å²) >= 11 is 0. The molecule has 1 aromatic heterocycles. The fourth-order valence-corrected chi connectivity index (χ4v) is 5.11.